The molecule has 2 rings (SSSR count). The van der Waals surface area contributed by atoms with Crippen LogP contribution >= 0.6 is 11.8 Å². The molecular formula is C13H13F3N2O2S. The Hall–Kier alpha value is -1.54. The number of rotatable bonds is 4. The minimum absolute atomic E-state index is 0.0808. The number of alkyl halides is 3. The minimum Gasteiger partial charge on any atom is -0.383 e. The maximum Gasteiger partial charge on any atom is 0.416 e. The number of ether oxygens (including phenoxy) is 1. The zero-order chi connectivity index (χ0) is 15.5. The third-order valence-corrected chi connectivity index (χ3v) is 3.76. The molecule has 1 heterocycles. The number of carbonyl (C=O) groups excluding carboxylic acids is 1. The van der Waals surface area contributed by atoms with E-state index in [0.717, 1.165) is 12.1 Å². The van der Waals surface area contributed by atoms with E-state index in [9.17, 15) is 18.0 Å². The van der Waals surface area contributed by atoms with Gasteiger partial charge in [-0.2, -0.15) is 13.2 Å². The molecule has 0 aromatic heterocycles. The summed E-state index contributed by atoms with van der Waals surface area (Å²) in [4.78, 5) is 17.4. The summed E-state index contributed by atoms with van der Waals surface area (Å²) in [6, 6.07) is 4.52. The summed E-state index contributed by atoms with van der Waals surface area (Å²) in [7, 11) is 1.53. The van der Waals surface area contributed by atoms with Gasteiger partial charge in [0, 0.05) is 7.11 Å². The standard InChI is InChI=1S/C13H13F3N2O2S/c1-20-7-6-18-11(19)8-21-12(18)17-10-4-2-9(3-5-10)13(14,15)16/h2-5H,6-8H2,1H3. The average Bonchev–Trinajstić information content (AvgIpc) is 2.77. The molecule has 0 bridgehead atoms. The number of methoxy groups -OCH3 is 1. The lowest BCUT2D eigenvalue weighted by Crippen LogP contribution is -2.32. The van der Waals surface area contributed by atoms with Gasteiger partial charge in [0.05, 0.1) is 30.2 Å². The fourth-order valence-electron chi connectivity index (χ4n) is 1.72. The average molecular weight is 318 g/mol. The second-order valence-corrected chi connectivity index (χ2v) is 5.21. The number of benzene rings is 1. The van der Waals surface area contributed by atoms with E-state index in [-0.39, 0.29) is 11.7 Å². The highest BCUT2D eigenvalue weighted by atomic mass is 32.2. The quantitative estimate of drug-likeness (QED) is 0.857. The van der Waals surface area contributed by atoms with Gasteiger partial charge in [-0.3, -0.25) is 9.69 Å². The van der Waals surface area contributed by atoms with Gasteiger partial charge in [0.15, 0.2) is 5.17 Å². The molecule has 1 aliphatic heterocycles. The van der Waals surface area contributed by atoms with Crippen LogP contribution in [0.25, 0.3) is 0 Å². The number of hydrogen-bond acceptors (Lipinski definition) is 4. The van der Waals surface area contributed by atoms with E-state index in [2.05, 4.69) is 4.99 Å². The van der Waals surface area contributed by atoms with Gasteiger partial charge >= 0.3 is 6.18 Å². The smallest absolute Gasteiger partial charge is 0.383 e. The van der Waals surface area contributed by atoms with Crippen molar-refractivity contribution in [3.05, 3.63) is 29.8 Å². The van der Waals surface area contributed by atoms with Crippen LogP contribution < -0.4 is 0 Å². The number of nitrogens with zero attached hydrogens (tertiary/aromatic N) is 2. The van der Waals surface area contributed by atoms with Gasteiger partial charge < -0.3 is 4.74 Å². The number of halogens is 3. The molecule has 1 aliphatic rings. The number of hydrogen-bond donors (Lipinski definition) is 0. The first-order valence-electron chi connectivity index (χ1n) is 6.10. The molecule has 0 unspecified atom stereocenters. The summed E-state index contributed by atoms with van der Waals surface area (Å²) >= 11 is 1.26. The van der Waals surface area contributed by atoms with Crippen molar-refractivity contribution < 1.29 is 22.7 Å². The van der Waals surface area contributed by atoms with Crippen LogP contribution in [0.15, 0.2) is 29.3 Å². The molecule has 114 valence electrons. The summed E-state index contributed by atoms with van der Waals surface area (Å²) in [5, 5.41) is 0.483. The molecule has 1 aromatic rings. The van der Waals surface area contributed by atoms with Crippen molar-refractivity contribution in [2.45, 2.75) is 6.18 Å². The molecule has 1 fully saturated rings. The first kappa shape index (κ1) is 15.8. The van der Waals surface area contributed by atoms with E-state index in [1.165, 1.54) is 35.9 Å². The number of carbonyl (C=O) groups is 1. The Morgan fingerprint density at radius 1 is 1.33 bits per heavy atom. The monoisotopic (exact) mass is 318 g/mol. The Labute approximate surface area is 124 Å². The van der Waals surface area contributed by atoms with Gasteiger partial charge in [-0.05, 0) is 24.3 Å². The van der Waals surface area contributed by atoms with Crippen LogP contribution in [0.4, 0.5) is 18.9 Å². The molecule has 0 radical (unpaired) electrons. The molecule has 21 heavy (non-hydrogen) atoms. The van der Waals surface area contributed by atoms with E-state index < -0.39 is 11.7 Å². The molecule has 1 aromatic carbocycles. The first-order chi connectivity index (χ1) is 9.91. The minimum atomic E-state index is -4.37. The SMILES string of the molecule is COCCN1C(=O)CSC1=Nc1ccc(C(F)(F)F)cc1. The number of aliphatic imine (C=N–C) groups is 1. The fourth-order valence-corrected chi connectivity index (χ4v) is 2.65. The third kappa shape index (κ3) is 3.98. The summed E-state index contributed by atoms with van der Waals surface area (Å²) < 4.78 is 42.3. The Balaban J connectivity index is 2.16. The van der Waals surface area contributed by atoms with Crippen molar-refractivity contribution in [1.82, 2.24) is 4.90 Å². The first-order valence-corrected chi connectivity index (χ1v) is 7.08. The molecular weight excluding hydrogens is 305 g/mol. The molecule has 0 saturated carbocycles. The van der Waals surface area contributed by atoms with Gasteiger partial charge in [-0.25, -0.2) is 4.99 Å². The van der Waals surface area contributed by atoms with Crippen molar-refractivity contribution in [1.29, 1.82) is 0 Å². The van der Waals surface area contributed by atoms with Crippen LogP contribution in [-0.4, -0.2) is 42.0 Å². The summed E-state index contributed by atoms with van der Waals surface area (Å²) in [6.07, 6.45) is -4.37. The maximum absolute atomic E-state index is 12.5. The predicted molar refractivity (Wildman–Crippen MR) is 74.6 cm³/mol. The lowest BCUT2D eigenvalue weighted by molar-refractivity contribution is -0.137. The van der Waals surface area contributed by atoms with E-state index in [4.69, 9.17) is 4.74 Å². The molecule has 0 aliphatic carbocycles. The van der Waals surface area contributed by atoms with Gasteiger partial charge in [0.1, 0.15) is 0 Å². The van der Waals surface area contributed by atoms with E-state index >= 15 is 0 Å². The van der Waals surface area contributed by atoms with Crippen LogP contribution in [0.2, 0.25) is 0 Å². The van der Waals surface area contributed by atoms with Crippen molar-refractivity contribution in [3.8, 4) is 0 Å². The van der Waals surface area contributed by atoms with E-state index in [1.807, 2.05) is 0 Å². The zero-order valence-corrected chi connectivity index (χ0v) is 12.0. The Morgan fingerprint density at radius 3 is 2.57 bits per heavy atom. The second-order valence-electron chi connectivity index (χ2n) is 4.27. The van der Waals surface area contributed by atoms with E-state index in [0.29, 0.717) is 24.0 Å². The molecule has 1 amide bonds. The van der Waals surface area contributed by atoms with Crippen molar-refractivity contribution in [2.75, 3.05) is 26.0 Å². The third-order valence-electron chi connectivity index (χ3n) is 2.80. The predicted octanol–water partition coefficient (Wildman–Crippen LogP) is 2.91. The molecule has 1 saturated heterocycles. The summed E-state index contributed by atoms with van der Waals surface area (Å²) in [5.41, 5.74) is -0.347. The van der Waals surface area contributed by atoms with Crippen molar-refractivity contribution in [3.63, 3.8) is 0 Å². The largest absolute Gasteiger partial charge is 0.416 e. The highest BCUT2D eigenvalue weighted by Gasteiger charge is 2.30. The fraction of sp³-hybridized carbons (Fsp3) is 0.385. The van der Waals surface area contributed by atoms with Gasteiger partial charge in [-0.15, -0.1) is 0 Å². The topological polar surface area (TPSA) is 41.9 Å². The van der Waals surface area contributed by atoms with Crippen LogP contribution in [0.5, 0.6) is 0 Å². The Morgan fingerprint density at radius 2 is 2.00 bits per heavy atom. The van der Waals surface area contributed by atoms with Crippen LogP contribution in [0, 0.1) is 0 Å². The normalized spacial score (nSPS) is 17.8. The summed E-state index contributed by atoms with van der Waals surface area (Å²) in [5.74, 6) is 0.200. The number of amides is 1. The lowest BCUT2D eigenvalue weighted by atomic mass is 10.2. The second kappa shape index (κ2) is 6.48. The lowest BCUT2D eigenvalue weighted by Gasteiger charge is -2.15. The highest BCUT2D eigenvalue weighted by molar-refractivity contribution is 8.15. The van der Waals surface area contributed by atoms with Gasteiger partial charge in [-0.1, -0.05) is 11.8 Å². The van der Waals surface area contributed by atoms with Crippen molar-refractivity contribution >= 4 is 28.5 Å². The highest BCUT2D eigenvalue weighted by Crippen LogP contribution is 2.31. The van der Waals surface area contributed by atoms with Crippen LogP contribution in [0.1, 0.15) is 5.56 Å². The number of amidine groups is 1. The molecule has 0 atom stereocenters. The Bertz CT molecular complexity index is 543. The molecule has 8 heteroatoms. The maximum atomic E-state index is 12.5. The molecule has 0 spiro atoms. The zero-order valence-electron chi connectivity index (χ0n) is 11.2. The van der Waals surface area contributed by atoms with Gasteiger partial charge in [0.25, 0.3) is 0 Å². The van der Waals surface area contributed by atoms with Crippen LogP contribution in [0.3, 0.4) is 0 Å². The van der Waals surface area contributed by atoms with Gasteiger partial charge in [0.2, 0.25) is 5.91 Å². The Kier molecular flexibility index (Phi) is 4.89. The number of thioether (sulfide) groups is 1. The molecule has 0 N–H and O–H groups in total. The van der Waals surface area contributed by atoms with Crippen molar-refractivity contribution in [2.24, 2.45) is 4.99 Å². The summed E-state index contributed by atoms with van der Waals surface area (Å²) in [6.45, 7) is 0.750. The van der Waals surface area contributed by atoms with E-state index in [1.54, 1.807) is 0 Å². The van der Waals surface area contributed by atoms with Crippen LogP contribution in [-0.2, 0) is 15.7 Å². The molecule has 4 nitrogen and oxygen atoms in total.